The minimum atomic E-state index is -0.220. The van der Waals surface area contributed by atoms with Gasteiger partial charge in [-0.25, -0.2) is 0 Å². The average molecular weight is 304 g/mol. The summed E-state index contributed by atoms with van der Waals surface area (Å²) in [6.07, 6.45) is 2.09. The van der Waals surface area contributed by atoms with E-state index in [9.17, 15) is 9.90 Å². The molecule has 4 heteroatoms. The van der Waals surface area contributed by atoms with Crippen molar-refractivity contribution in [3.63, 3.8) is 0 Å². The molecule has 0 radical (unpaired) electrons. The number of amides is 1. The third-order valence-corrected chi connectivity index (χ3v) is 3.98. The van der Waals surface area contributed by atoms with Crippen molar-refractivity contribution >= 4 is 5.91 Å². The van der Waals surface area contributed by atoms with Gasteiger partial charge in [-0.1, -0.05) is 26.0 Å². The number of benzene rings is 1. The van der Waals surface area contributed by atoms with E-state index in [0.29, 0.717) is 30.5 Å². The van der Waals surface area contributed by atoms with E-state index in [1.54, 1.807) is 0 Å². The Balaban J connectivity index is 1.88. The average Bonchev–Trinajstić information content (AvgIpc) is 3.29. The number of hydrogen-bond donors (Lipinski definition) is 2. The topological polar surface area (TPSA) is 52.6 Å². The largest absolute Gasteiger partial charge is 0.392 e. The quantitative estimate of drug-likeness (QED) is 0.775. The first kappa shape index (κ1) is 17.0. The first-order valence-electron chi connectivity index (χ1n) is 8.19. The molecule has 2 N–H and O–H groups in total. The van der Waals surface area contributed by atoms with Gasteiger partial charge in [-0.05, 0) is 49.4 Å². The van der Waals surface area contributed by atoms with Gasteiger partial charge in [-0.2, -0.15) is 0 Å². The summed E-state index contributed by atoms with van der Waals surface area (Å²) in [6, 6.07) is 7.73. The molecular weight excluding hydrogens is 276 g/mol. The lowest BCUT2D eigenvalue weighted by molar-refractivity contribution is 0.0947. The van der Waals surface area contributed by atoms with Crippen molar-refractivity contribution in [2.24, 2.45) is 11.8 Å². The zero-order chi connectivity index (χ0) is 16.1. The Kier molecular flexibility index (Phi) is 5.98. The van der Waals surface area contributed by atoms with Crippen LogP contribution in [0.15, 0.2) is 24.3 Å². The Labute approximate surface area is 133 Å². The summed E-state index contributed by atoms with van der Waals surface area (Å²) in [4.78, 5) is 14.2. The molecule has 1 aliphatic rings. The van der Waals surface area contributed by atoms with E-state index in [-0.39, 0.29) is 12.0 Å². The second-order valence-electron chi connectivity index (χ2n) is 6.91. The van der Waals surface area contributed by atoms with Crippen LogP contribution in [0.5, 0.6) is 0 Å². The van der Waals surface area contributed by atoms with Crippen LogP contribution in [0.1, 0.15) is 42.6 Å². The highest BCUT2D eigenvalue weighted by Gasteiger charge is 2.30. The highest BCUT2D eigenvalue weighted by Crippen LogP contribution is 2.32. The summed E-state index contributed by atoms with van der Waals surface area (Å²) in [7, 11) is 2.01. The Morgan fingerprint density at radius 3 is 2.77 bits per heavy atom. The van der Waals surface area contributed by atoms with Gasteiger partial charge in [0.1, 0.15) is 0 Å². The number of likely N-dealkylation sites (N-methyl/N-ethyl adjacent to an activating group) is 1. The minimum Gasteiger partial charge on any atom is -0.392 e. The SMILES string of the molecule is CC(C)CNC(=O)c1cccc(CN(C)CC(O)C2CC2)c1. The zero-order valence-electron chi connectivity index (χ0n) is 13.9. The Bertz CT molecular complexity index is 498. The standard InChI is InChI=1S/C18H28N2O2/c1-13(2)10-19-18(22)16-6-4-5-14(9-16)11-20(3)12-17(21)15-7-8-15/h4-6,9,13,15,17,21H,7-8,10-12H2,1-3H3,(H,19,22). The Morgan fingerprint density at radius 1 is 1.41 bits per heavy atom. The van der Waals surface area contributed by atoms with Gasteiger partial charge >= 0.3 is 0 Å². The number of rotatable bonds is 8. The van der Waals surface area contributed by atoms with Crippen LogP contribution >= 0.6 is 0 Å². The Morgan fingerprint density at radius 2 is 2.14 bits per heavy atom. The molecule has 1 unspecified atom stereocenters. The van der Waals surface area contributed by atoms with Crippen LogP contribution in [0.2, 0.25) is 0 Å². The molecule has 1 saturated carbocycles. The van der Waals surface area contributed by atoms with Crippen LogP contribution in [-0.4, -0.2) is 42.2 Å². The van der Waals surface area contributed by atoms with Crippen molar-refractivity contribution in [3.8, 4) is 0 Å². The summed E-state index contributed by atoms with van der Waals surface area (Å²) in [6.45, 7) is 6.29. The van der Waals surface area contributed by atoms with Gasteiger partial charge in [-0.3, -0.25) is 9.69 Å². The van der Waals surface area contributed by atoms with E-state index < -0.39 is 0 Å². The van der Waals surface area contributed by atoms with Gasteiger partial charge in [0.25, 0.3) is 5.91 Å². The van der Waals surface area contributed by atoms with Crippen LogP contribution in [0, 0.1) is 11.8 Å². The van der Waals surface area contributed by atoms with Crippen LogP contribution in [0.3, 0.4) is 0 Å². The zero-order valence-corrected chi connectivity index (χ0v) is 13.9. The van der Waals surface area contributed by atoms with E-state index in [0.717, 1.165) is 24.9 Å². The minimum absolute atomic E-state index is 0.0174. The second-order valence-corrected chi connectivity index (χ2v) is 6.91. The molecule has 122 valence electrons. The van der Waals surface area contributed by atoms with E-state index in [2.05, 4.69) is 24.1 Å². The predicted molar refractivity (Wildman–Crippen MR) is 88.7 cm³/mol. The number of carbonyl (C=O) groups excluding carboxylic acids is 1. The molecule has 1 aromatic rings. The molecule has 1 amide bonds. The van der Waals surface area contributed by atoms with Crippen molar-refractivity contribution in [1.82, 2.24) is 10.2 Å². The van der Waals surface area contributed by atoms with E-state index in [1.807, 2.05) is 31.3 Å². The van der Waals surface area contributed by atoms with E-state index >= 15 is 0 Å². The maximum Gasteiger partial charge on any atom is 0.251 e. The van der Waals surface area contributed by atoms with Crippen LogP contribution in [0.25, 0.3) is 0 Å². The lowest BCUT2D eigenvalue weighted by Crippen LogP contribution is -2.30. The molecule has 4 nitrogen and oxygen atoms in total. The molecule has 0 bridgehead atoms. The lowest BCUT2D eigenvalue weighted by Gasteiger charge is -2.20. The predicted octanol–water partition coefficient (Wildman–Crippen LogP) is 2.28. The molecule has 1 atom stereocenters. The third-order valence-electron chi connectivity index (χ3n) is 3.98. The fourth-order valence-corrected chi connectivity index (χ4v) is 2.54. The highest BCUT2D eigenvalue weighted by atomic mass is 16.3. The Hall–Kier alpha value is -1.39. The van der Waals surface area contributed by atoms with Gasteiger partial charge in [0, 0.05) is 25.2 Å². The summed E-state index contributed by atoms with van der Waals surface area (Å²) < 4.78 is 0. The molecular formula is C18H28N2O2. The van der Waals surface area contributed by atoms with Crippen molar-refractivity contribution in [2.75, 3.05) is 20.1 Å². The molecule has 0 saturated heterocycles. The fourth-order valence-electron chi connectivity index (χ4n) is 2.54. The number of carbonyl (C=O) groups is 1. The highest BCUT2D eigenvalue weighted by molar-refractivity contribution is 5.94. The molecule has 22 heavy (non-hydrogen) atoms. The third kappa shape index (κ3) is 5.43. The van der Waals surface area contributed by atoms with Crippen molar-refractivity contribution in [2.45, 2.75) is 39.3 Å². The number of aliphatic hydroxyl groups is 1. The van der Waals surface area contributed by atoms with Gasteiger partial charge < -0.3 is 10.4 Å². The molecule has 0 aromatic heterocycles. The van der Waals surface area contributed by atoms with Crippen molar-refractivity contribution in [3.05, 3.63) is 35.4 Å². The molecule has 1 fully saturated rings. The first-order chi connectivity index (χ1) is 10.5. The molecule has 1 aromatic carbocycles. The molecule has 1 aliphatic carbocycles. The number of nitrogens with zero attached hydrogens (tertiary/aromatic N) is 1. The fraction of sp³-hybridized carbons (Fsp3) is 0.611. The van der Waals surface area contributed by atoms with E-state index in [1.165, 1.54) is 0 Å². The lowest BCUT2D eigenvalue weighted by atomic mass is 10.1. The van der Waals surface area contributed by atoms with Gasteiger partial charge in [0.05, 0.1) is 6.10 Å². The molecule has 2 rings (SSSR count). The maximum absolute atomic E-state index is 12.1. The van der Waals surface area contributed by atoms with E-state index in [4.69, 9.17) is 0 Å². The summed E-state index contributed by atoms with van der Waals surface area (Å²) in [5.74, 6) is 0.925. The summed E-state index contributed by atoms with van der Waals surface area (Å²) in [5.41, 5.74) is 1.80. The maximum atomic E-state index is 12.1. The summed E-state index contributed by atoms with van der Waals surface area (Å²) >= 11 is 0. The smallest absolute Gasteiger partial charge is 0.251 e. The number of hydrogen-bond acceptors (Lipinski definition) is 3. The number of nitrogens with one attached hydrogen (secondary N) is 1. The number of aliphatic hydroxyl groups excluding tert-OH is 1. The van der Waals surface area contributed by atoms with Crippen LogP contribution < -0.4 is 5.32 Å². The molecule has 0 aliphatic heterocycles. The van der Waals surface area contributed by atoms with Gasteiger partial charge in [0.2, 0.25) is 0 Å². The van der Waals surface area contributed by atoms with Crippen molar-refractivity contribution < 1.29 is 9.90 Å². The molecule has 0 heterocycles. The van der Waals surface area contributed by atoms with Crippen LogP contribution in [-0.2, 0) is 6.54 Å². The normalized spacial score (nSPS) is 16.1. The first-order valence-corrected chi connectivity index (χ1v) is 8.19. The monoisotopic (exact) mass is 304 g/mol. The van der Waals surface area contributed by atoms with Crippen LogP contribution in [0.4, 0.5) is 0 Å². The van der Waals surface area contributed by atoms with Gasteiger partial charge in [0.15, 0.2) is 0 Å². The van der Waals surface area contributed by atoms with Crippen molar-refractivity contribution in [1.29, 1.82) is 0 Å². The second kappa shape index (κ2) is 7.75. The summed E-state index contributed by atoms with van der Waals surface area (Å²) in [5, 5.41) is 12.9. The van der Waals surface area contributed by atoms with Gasteiger partial charge in [-0.15, -0.1) is 0 Å². The molecule has 0 spiro atoms.